The standard InChI is InChI=1S/C15H21N3O3/c1-3-16-6-8-17(9-7-16)11-14-10-13(12(2)19)4-5-15(14)18(20)21/h4-5,10H,3,6-9,11H2,1-2H3. The number of benzene rings is 1. The Kier molecular flexibility index (Phi) is 5.03. The van der Waals surface area contributed by atoms with E-state index in [0.717, 1.165) is 32.7 Å². The molecule has 1 aliphatic rings. The molecule has 0 spiro atoms. The summed E-state index contributed by atoms with van der Waals surface area (Å²) >= 11 is 0. The van der Waals surface area contributed by atoms with E-state index in [1.165, 1.54) is 19.1 Å². The number of piperazine rings is 1. The molecular weight excluding hydrogens is 270 g/mol. The van der Waals surface area contributed by atoms with Gasteiger partial charge in [0.25, 0.3) is 5.69 Å². The molecule has 1 heterocycles. The van der Waals surface area contributed by atoms with E-state index >= 15 is 0 Å². The number of hydrogen-bond donors (Lipinski definition) is 0. The van der Waals surface area contributed by atoms with E-state index in [1.54, 1.807) is 6.07 Å². The molecule has 0 saturated carbocycles. The zero-order valence-electron chi connectivity index (χ0n) is 12.5. The Morgan fingerprint density at radius 2 is 1.86 bits per heavy atom. The van der Waals surface area contributed by atoms with Gasteiger partial charge in [0.1, 0.15) is 0 Å². The van der Waals surface area contributed by atoms with Crippen LogP contribution in [0, 0.1) is 10.1 Å². The van der Waals surface area contributed by atoms with Gasteiger partial charge in [-0.25, -0.2) is 0 Å². The minimum atomic E-state index is -0.373. The predicted molar refractivity (Wildman–Crippen MR) is 80.5 cm³/mol. The van der Waals surface area contributed by atoms with Crippen LogP contribution in [0.25, 0.3) is 0 Å². The van der Waals surface area contributed by atoms with E-state index in [-0.39, 0.29) is 16.4 Å². The number of carbonyl (C=O) groups is 1. The van der Waals surface area contributed by atoms with Crippen molar-refractivity contribution in [2.24, 2.45) is 0 Å². The number of Topliss-reactive ketones (excluding diaryl/α,β-unsaturated/α-hetero) is 1. The third-order valence-electron chi connectivity index (χ3n) is 3.99. The molecule has 0 aromatic heterocycles. The van der Waals surface area contributed by atoms with Crippen LogP contribution in [-0.2, 0) is 6.54 Å². The molecule has 0 atom stereocenters. The molecule has 0 radical (unpaired) electrons. The normalized spacial score (nSPS) is 16.9. The van der Waals surface area contributed by atoms with E-state index in [0.29, 0.717) is 17.7 Å². The lowest BCUT2D eigenvalue weighted by Crippen LogP contribution is -2.45. The summed E-state index contributed by atoms with van der Waals surface area (Å²) in [7, 11) is 0. The van der Waals surface area contributed by atoms with Crippen LogP contribution >= 0.6 is 0 Å². The van der Waals surface area contributed by atoms with E-state index in [1.807, 2.05) is 0 Å². The predicted octanol–water partition coefficient (Wildman–Crippen LogP) is 1.93. The highest BCUT2D eigenvalue weighted by atomic mass is 16.6. The minimum absolute atomic E-state index is 0.0676. The molecule has 1 aromatic carbocycles. The van der Waals surface area contributed by atoms with Crippen LogP contribution in [0.3, 0.4) is 0 Å². The second-order valence-corrected chi connectivity index (χ2v) is 5.37. The van der Waals surface area contributed by atoms with Crippen LogP contribution < -0.4 is 0 Å². The number of nitro groups is 1. The molecule has 21 heavy (non-hydrogen) atoms. The summed E-state index contributed by atoms with van der Waals surface area (Å²) in [6.07, 6.45) is 0. The van der Waals surface area contributed by atoms with Gasteiger partial charge in [0.05, 0.1) is 4.92 Å². The summed E-state index contributed by atoms with van der Waals surface area (Å²) in [5.74, 6) is -0.0676. The van der Waals surface area contributed by atoms with Gasteiger partial charge in [-0.05, 0) is 25.6 Å². The van der Waals surface area contributed by atoms with Gasteiger partial charge in [-0.2, -0.15) is 0 Å². The molecule has 0 amide bonds. The van der Waals surface area contributed by atoms with Crippen molar-refractivity contribution >= 4 is 11.5 Å². The van der Waals surface area contributed by atoms with Crippen LogP contribution in [0.15, 0.2) is 18.2 Å². The first kappa shape index (κ1) is 15.6. The van der Waals surface area contributed by atoms with Crippen molar-refractivity contribution in [2.75, 3.05) is 32.7 Å². The van der Waals surface area contributed by atoms with Crippen LogP contribution in [0.4, 0.5) is 5.69 Å². The molecule has 0 aliphatic carbocycles. The molecule has 1 aliphatic heterocycles. The van der Waals surface area contributed by atoms with E-state index in [9.17, 15) is 14.9 Å². The van der Waals surface area contributed by atoms with Gasteiger partial charge in [0.2, 0.25) is 0 Å². The average molecular weight is 291 g/mol. The summed E-state index contributed by atoms with van der Waals surface area (Å²) in [5, 5.41) is 11.1. The molecule has 1 fully saturated rings. The van der Waals surface area contributed by atoms with Crippen molar-refractivity contribution in [3.63, 3.8) is 0 Å². The smallest absolute Gasteiger partial charge is 0.273 e. The lowest BCUT2D eigenvalue weighted by atomic mass is 10.1. The lowest BCUT2D eigenvalue weighted by molar-refractivity contribution is -0.385. The van der Waals surface area contributed by atoms with Crippen molar-refractivity contribution < 1.29 is 9.72 Å². The summed E-state index contributed by atoms with van der Waals surface area (Å²) in [4.78, 5) is 26.8. The fraction of sp³-hybridized carbons (Fsp3) is 0.533. The number of hydrogen-bond acceptors (Lipinski definition) is 5. The second kappa shape index (κ2) is 6.78. The Balaban J connectivity index is 2.15. The van der Waals surface area contributed by atoms with Gasteiger partial charge in [0.15, 0.2) is 5.78 Å². The largest absolute Gasteiger partial charge is 0.301 e. The lowest BCUT2D eigenvalue weighted by Gasteiger charge is -2.33. The van der Waals surface area contributed by atoms with Gasteiger partial charge in [-0.1, -0.05) is 6.92 Å². The number of ketones is 1. The van der Waals surface area contributed by atoms with Gasteiger partial charge in [-0.15, -0.1) is 0 Å². The Bertz CT molecular complexity index is 537. The molecule has 6 heteroatoms. The quantitative estimate of drug-likeness (QED) is 0.471. The first-order valence-corrected chi connectivity index (χ1v) is 7.24. The van der Waals surface area contributed by atoms with E-state index in [2.05, 4.69) is 16.7 Å². The molecule has 0 unspecified atom stereocenters. The first-order valence-electron chi connectivity index (χ1n) is 7.24. The molecule has 0 N–H and O–H groups in total. The van der Waals surface area contributed by atoms with E-state index < -0.39 is 0 Å². The van der Waals surface area contributed by atoms with Crippen LogP contribution in [0.5, 0.6) is 0 Å². The Hall–Kier alpha value is -1.79. The SMILES string of the molecule is CCN1CCN(Cc2cc(C(C)=O)ccc2[N+](=O)[O-])CC1. The van der Waals surface area contributed by atoms with Gasteiger partial charge >= 0.3 is 0 Å². The van der Waals surface area contributed by atoms with Crippen LogP contribution in [0.2, 0.25) is 0 Å². The molecule has 0 bridgehead atoms. The van der Waals surface area contributed by atoms with Gasteiger partial charge < -0.3 is 4.90 Å². The second-order valence-electron chi connectivity index (χ2n) is 5.37. The molecule has 2 rings (SSSR count). The van der Waals surface area contributed by atoms with E-state index in [4.69, 9.17) is 0 Å². The maximum Gasteiger partial charge on any atom is 0.273 e. The molecular formula is C15H21N3O3. The average Bonchev–Trinajstić information content (AvgIpc) is 2.47. The first-order chi connectivity index (χ1) is 10.0. The zero-order valence-corrected chi connectivity index (χ0v) is 12.5. The number of carbonyl (C=O) groups excluding carboxylic acids is 1. The third kappa shape index (κ3) is 3.86. The van der Waals surface area contributed by atoms with Crippen molar-refractivity contribution in [3.8, 4) is 0 Å². The number of rotatable bonds is 5. The monoisotopic (exact) mass is 291 g/mol. The highest BCUT2D eigenvalue weighted by molar-refractivity contribution is 5.94. The van der Waals surface area contributed by atoms with Crippen molar-refractivity contribution in [2.45, 2.75) is 20.4 Å². The fourth-order valence-corrected chi connectivity index (χ4v) is 2.61. The third-order valence-corrected chi connectivity index (χ3v) is 3.99. The summed E-state index contributed by atoms with van der Waals surface area (Å²) in [6.45, 7) is 8.93. The number of nitro benzene ring substituents is 1. The molecule has 1 aromatic rings. The van der Waals surface area contributed by atoms with Crippen LogP contribution in [-0.4, -0.2) is 53.2 Å². The molecule has 114 valence electrons. The molecule has 1 saturated heterocycles. The van der Waals surface area contributed by atoms with Gasteiger partial charge in [-0.3, -0.25) is 19.8 Å². The van der Waals surface area contributed by atoms with Crippen LogP contribution in [0.1, 0.15) is 29.8 Å². The Morgan fingerprint density at radius 1 is 1.24 bits per heavy atom. The molecule has 6 nitrogen and oxygen atoms in total. The number of nitrogens with zero attached hydrogens (tertiary/aromatic N) is 3. The summed E-state index contributed by atoms with van der Waals surface area (Å²) in [5.41, 5.74) is 1.25. The maximum absolute atomic E-state index is 11.5. The Morgan fingerprint density at radius 3 is 2.38 bits per heavy atom. The van der Waals surface area contributed by atoms with Gasteiger partial charge in [0, 0.05) is 49.9 Å². The van der Waals surface area contributed by atoms with Crippen molar-refractivity contribution in [1.29, 1.82) is 0 Å². The topological polar surface area (TPSA) is 66.7 Å². The number of likely N-dealkylation sites (N-methyl/N-ethyl adjacent to an activating group) is 1. The summed E-state index contributed by atoms with van der Waals surface area (Å²) < 4.78 is 0. The minimum Gasteiger partial charge on any atom is -0.301 e. The zero-order chi connectivity index (χ0) is 15.4. The Labute approximate surface area is 124 Å². The highest BCUT2D eigenvalue weighted by Crippen LogP contribution is 2.22. The maximum atomic E-state index is 11.5. The van der Waals surface area contributed by atoms with Crippen molar-refractivity contribution in [3.05, 3.63) is 39.4 Å². The summed E-state index contributed by atoms with van der Waals surface area (Å²) in [6, 6.07) is 4.63. The fourth-order valence-electron chi connectivity index (χ4n) is 2.61. The highest BCUT2D eigenvalue weighted by Gasteiger charge is 2.21. The van der Waals surface area contributed by atoms with Crippen molar-refractivity contribution in [1.82, 2.24) is 9.80 Å².